The van der Waals surface area contributed by atoms with Crippen LogP contribution in [0.15, 0.2) is 58.8 Å². The van der Waals surface area contributed by atoms with Gasteiger partial charge in [0.15, 0.2) is 0 Å². The third-order valence-corrected chi connectivity index (χ3v) is 2.13. The van der Waals surface area contributed by atoms with Crippen LogP contribution in [0.4, 0.5) is 11.4 Å². The summed E-state index contributed by atoms with van der Waals surface area (Å²) in [5, 5.41) is 17.3. The second kappa shape index (κ2) is 4.57. The van der Waals surface area contributed by atoms with Crippen LogP contribution in [-0.4, -0.2) is 5.11 Å². The molecular weight excluding hydrogens is 200 g/mol. The van der Waals surface area contributed by atoms with Crippen LogP contribution in [0.1, 0.15) is 5.56 Å². The Labute approximate surface area is 94.1 Å². The summed E-state index contributed by atoms with van der Waals surface area (Å²) in [6.07, 6.45) is 0. The third kappa shape index (κ3) is 2.67. The molecule has 16 heavy (non-hydrogen) atoms. The minimum absolute atomic E-state index is 0.231. The molecule has 0 aliphatic rings. The van der Waals surface area contributed by atoms with Gasteiger partial charge in [0.2, 0.25) is 0 Å². The molecule has 0 bridgehead atoms. The predicted molar refractivity (Wildman–Crippen MR) is 63.5 cm³/mol. The number of aryl methyl sites for hydroxylation is 1. The minimum atomic E-state index is 0.231. The van der Waals surface area contributed by atoms with Crippen LogP contribution in [0.5, 0.6) is 5.75 Å². The van der Waals surface area contributed by atoms with Gasteiger partial charge in [-0.3, -0.25) is 0 Å². The fourth-order valence-corrected chi connectivity index (χ4v) is 1.32. The molecule has 0 aromatic heterocycles. The van der Waals surface area contributed by atoms with Crippen LogP contribution < -0.4 is 0 Å². The van der Waals surface area contributed by atoms with Gasteiger partial charge in [-0.2, -0.15) is 10.2 Å². The smallest absolute Gasteiger partial charge is 0.115 e. The summed E-state index contributed by atoms with van der Waals surface area (Å²) >= 11 is 0. The summed E-state index contributed by atoms with van der Waals surface area (Å²) in [5.41, 5.74) is 2.70. The van der Waals surface area contributed by atoms with E-state index in [2.05, 4.69) is 10.2 Å². The molecule has 2 rings (SSSR count). The van der Waals surface area contributed by atoms with Crippen molar-refractivity contribution in [3.63, 3.8) is 0 Å². The van der Waals surface area contributed by atoms with Gasteiger partial charge in [0, 0.05) is 0 Å². The maximum Gasteiger partial charge on any atom is 0.115 e. The highest BCUT2D eigenvalue weighted by Gasteiger charge is 1.91. The first-order chi connectivity index (χ1) is 7.74. The molecule has 0 saturated carbocycles. The van der Waals surface area contributed by atoms with Crippen molar-refractivity contribution >= 4 is 11.4 Å². The summed E-state index contributed by atoms with van der Waals surface area (Å²) in [6, 6.07) is 14.4. The number of nitrogens with zero attached hydrogens (tertiary/aromatic N) is 2. The van der Waals surface area contributed by atoms with Gasteiger partial charge in [-0.1, -0.05) is 12.1 Å². The maximum atomic E-state index is 9.11. The molecule has 1 N–H and O–H groups in total. The van der Waals surface area contributed by atoms with E-state index >= 15 is 0 Å². The van der Waals surface area contributed by atoms with Gasteiger partial charge in [0.1, 0.15) is 5.75 Å². The van der Waals surface area contributed by atoms with E-state index in [1.54, 1.807) is 24.3 Å². The molecule has 3 heteroatoms. The highest BCUT2D eigenvalue weighted by Crippen LogP contribution is 2.20. The Bertz CT molecular complexity index is 504. The van der Waals surface area contributed by atoms with E-state index in [0.717, 1.165) is 16.9 Å². The molecule has 80 valence electrons. The molecule has 0 amide bonds. The molecule has 0 spiro atoms. The molecule has 2 aromatic carbocycles. The van der Waals surface area contributed by atoms with Gasteiger partial charge in [-0.25, -0.2) is 0 Å². The Morgan fingerprint density at radius 3 is 2.25 bits per heavy atom. The second-order valence-electron chi connectivity index (χ2n) is 3.56. The average Bonchev–Trinajstić information content (AvgIpc) is 2.28. The summed E-state index contributed by atoms with van der Waals surface area (Å²) in [7, 11) is 0. The second-order valence-corrected chi connectivity index (χ2v) is 3.56. The third-order valence-electron chi connectivity index (χ3n) is 2.13. The largest absolute Gasteiger partial charge is 0.508 e. The van der Waals surface area contributed by atoms with Crippen LogP contribution >= 0.6 is 0 Å². The zero-order valence-electron chi connectivity index (χ0n) is 8.96. The number of phenols is 1. The Kier molecular flexibility index (Phi) is 2.96. The van der Waals surface area contributed by atoms with Gasteiger partial charge in [0.05, 0.1) is 11.4 Å². The van der Waals surface area contributed by atoms with E-state index in [9.17, 15) is 0 Å². The zero-order chi connectivity index (χ0) is 11.4. The fourth-order valence-electron chi connectivity index (χ4n) is 1.32. The number of phenolic OH excluding ortho intramolecular Hbond substituents is 1. The monoisotopic (exact) mass is 212 g/mol. The molecule has 3 nitrogen and oxygen atoms in total. The van der Waals surface area contributed by atoms with Gasteiger partial charge in [-0.15, -0.1) is 0 Å². The van der Waals surface area contributed by atoms with Crippen LogP contribution in [0.25, 0.3) is 0 Å². The number of hydrogen-bond donors (Lipinski definition) is 1. The first-order valence-electron chi connectivity index (χ1n) is 5.01. The Morgan fingerprint density at radius 2 is 1.56 bits per heavy atom. The Morgan fingerprint density at radius 1 is 0.875 bits per heavy atom. The van der Waals surface area contributed by atoms with E-state index in [-0.39, 0.29) is 5.75 Å². The van der Waals surface area contributed by atoms with Crippen molar-refractivity contribution in [1.29, 1.82) is 0 Å². The quantitative estimate of drug-likeness (QED) is 0.748. The van der Waals surface area contributed by atoms with Gasteiger partial charge >= 0.3 is 0 Å². The van der Waals surface area contributed by atoms with Crippen molar-refractivity contribution in [3.8, 4) is 5.75 Å². The summed E-state index contributed by atoms with van der Waals surface area (Å²) in [6.45, 7) is 2.01. The molecule has 0 heterocycles. The molecule has 0 atom stereocenters. The van der Waals surface area contributed by atoms with Gasteiger partial charge in [0.25, 0.3) is 0 Å². The topological polar surface area (TPSA) is 45.0 Å². The summed E-state index contributed by atoms with van der Waals surface area (Å²) < 4.78 is 0. The lowest BCUT2D eigenvalue weighted by Crippen LogP contribution is -1.69. The molecule has 0 aliphatic carbocycles. The van der Waals surface area contributed by atoms with E-state index in [4.69, 9.17) is 5.11 Å². The summed E-state index contributed by atoms with van der Waals surface area (Å²) in [4.78, 5) is 0. The molecule has 0 aliphatic heterocycles. The highest BCUT2D eigenvalue weighted by molar-refractivity contribution is 5.43. The molecule has 0 unspecified atom stereocenters. The van der Waals surface area contributed by atoms with Crippen molar-refractivity contribution in [2.24, 2.45) is 10.2 Å². The minimum Gasteiger partial charge on any atom is -0.508 e. The SMILES string of the molecule is Cc1cccc(N=Nc2ccc(O)cc2)c1. The number of aromatic hydroxyl groups is 1. The van der Waals surface area contributed by atoms with Gasteiger partial charge < -0.3 is 5.11 Å². The van der Waals surface area contributed by atoms with Crippen molar-refractivity contribution in [2.45, 2.75) is 6.92 Å². The van der Waals surface area contributed by atoms with Crippen LogP contribution in [0.3, 0.4) is 0 Å². The number of benzene rings is 2. The maximum absolute atomic E-state index is 9.11. The lowest BCUT2D eigenvalue weighted by Gasteiger charge is -1.95. The molecule has 0 fully saturated rings. The van der Waals surface area contributed by atoms with E-state index in [1.165, 1.54) is 0 Å². The van der Waals surface area contributed by atoms with Crippen LogP contribution in [-0.2, 0) is 0 Å². The van der Waals surface area contributed by atoms with Gasteiger partial charge in [-0.05, 0) is 48.9 Å². The average molecular weight is 212 g/mol. The normalized spacial score (nSPS) is 10.8. The van der Waals surface area contributed by atoms with Crippen LogP contribution in [0.2, 0.25) is 0 Å². The lowest BCUT2D eigenvalue weighted by atomic mass is 10.2. The number of azo groups is 1. The van der Waals surface area contributed by atoms with E-state index < -0.39 is 0 Å². The predicted octanol–water partition coefficient (Wildman–Crippen LogP) is 4.12. The first-order valence-corrected chi connectivity index (χ1v) is 5.01. The Hall–Kier alpha value is -2.16. The molecular formula is C13H12N2O. The van der Waals surface area contributed by atoms with E-state index in [0.29, 0.717) is 0 Å². The molecule has 0 saturated heterocycles. The Balaban J connectivity index is 2.18. The standard InChI is InChI=1S/C13H12N2O/c1-10-3-2-4-12(9-10)15-14-11-5-7-13(16)8-6-11/h2-9,16H,1H3. The fraction of sp³-hybridized carbons (Fsp3) is 0.0769. The molecule has 2 aromatic rings. The number of hydrogen-bond acceptors (Lipinski definition) is 3. The van der Waals surface area contributed by atoms with Crippen molar-refractivity contribution in [3.05, 3.63) is 54.1 Å². The summed E-state index contributed by atoms with van der Waals surface area (Å²) in [5.74, 6) is 0.231. The lowest BCUT2D eigenvalue weighted by molar-refractivity contribution is 0.475. The van der Waals surface area contributed by atoms with Crippen molar-refractivity contribution < 1.29 is 5.11 Å². The highest BCUT2D eigenvalue weighted by atomic mass is 16.3. The first kappa shape index (κ1) is 10.4. The molecule has 0 radical (unpaired) electrons. The van der Waals surface area contributed by atoms with E-state index in [1.807, 2.05) is 31.2 Å². The van der Waals surface area contributed by atoms with Crippen molar-refractivity contribution in [1.82, 2.24) is 0 Å². The zero-order valence-corrected chi connectivity index (χ0v) is 8.96. The van der Waals surface area contributed by atoms with Crippen LogP contribution in [0, 0.1) is 6.92 Å². The number of rotatable bonds is 2. The van der Waals surface area contributed by atoms with Crippen molar-refractivity contribution in [2.75, 3.05) is 0 Å².